The molecule has 4 rings (SSSR count). The van der Waals surface area contributed by atoms with Gasteiger partial charge in [-0.1, -0.05) is 54.6 Å². The van der Waals surface area contributed by atoms with Crippen molar-refractivity contribution in [3.05, 3.63) is 95.6 Å². The molecule has 152 valence electrons. The van der Waals surface area contributed by atoms with Crippen LogP contribution >= 0.6 is 0 Å². The topological polar surface area (TPSA) is 54.3 Å². The van der Waals surface area contributed by atoms with Crippen molar-refractivity contribution in [1.82, 2.24) is 10.3 Å². The van der Waals surface area contributed by atoms with Crippen molar-refractivity contribution in [2.24, 2.45) is 0 Å². The first kappa shape index (κ1) is 20.0. The van der Waals surface area contributed by atoms with E-state index in [-0.39, 0.29) is 0 Å². The summed E-state index contributed by atoms with van der Waals surface area (Å²) in [6.07, 6.45) is 0. The lowest BCUT2D eigenvalue weighted by Gasteiger charge is -2.36. The molecule has 1 saturated heterocycles. The first-order valence-corrected chi connectivity index (χ1v) is 10.4. The number of nitrogens with zero attached hydrogens (tertiary/aromatic N) is 3. The molecule has 5 heteroatoms. The highest BCUT2D eigenvalue weighted by Gasteiger charge is 2.19. The summed E-state index contributed by atoms with van der Waals surface area (Å²) in [6.45, 7) is 5.52. The Morgan fingerprint density at radius 3 is 2.20 bits per heavy atom. The van der Waals surface area contributed by atoms with Crippen molar-refractivity contribution >= 4 is 11.4 Å². The van der Waals surface area contributed by atoms with Crippen molar-refractivity contribution in [2.45, 2.75) is 13.1 Å². The summed E-state index contributed by atoms with van der Waals surface area (Å²) in [6, 6.07) is 29.2. The summed E-state index contributed by atoms with van der Waals surface area (Å²) in [4.78, 5) is 4.81. The van der Waals surface area contributed by atoms with Crippen LogP contribution in [0.1, 0.15) is 16.7 Å². The van der Waals surface area contributed by atoms with Crippen molar-refractivity contribution in [3.63, 3.8) is 0 Å². The highest BCUT2D eigenvalue weighted by molar-refractivity contribution is 5.61. The second kappa shape index (κ2) is 9.93. The molecular formula is C25H27N5. The maximum atomic E-state index is 9.70. The lowest BCUT2D eigenvalue weighted by atomic mass is 10.1. The Bertz CT molecular complexity index is 973. The van der Waals surface area contributed by atoms with Gasteiger partial charge in [0.2, 0.25) is 0 Å². The highest BCUT2D eigenvalue weighted by Crippen LogP contribution is 2.23. The van der Waals surface area contributed by atoms with Gasteiger partial charge in [-0.25, -0.2) is 5.43 Å². The molecule has 3 aromatic rings. The molecule has 3 aromatic carbocycles. The van der Waals surface area contributed by atoms with Gasteiger partial charge >= 0.3 is 0 Å². The molecule has 0 unspecified atom stereocenters. The quantitative estimate of drug-likeness (QED) is 0.590. The molecule has 1 aliphatic heterocycles. The zero-order valence-electron chi connectivity index (χ0n) is 17.1. The number of nitriles is 1. The number of para-hydroxylation sites is 1. The summed E-state index contributed by atoms with van der Waals surface area (Å²) in [5.74, 6) is 0. The second-order valence-corrected chi connectivity index (χ2v) is 7.56. The SMILES string of the molecule is N#Cc1cc(CNNc2ccccc2)ccc1N1CCN(Cc2ccccc2)CC1. The molecular weight excluding hydrogens is 370 g/mol. The molecule has 0 radical (unpaired) electrons. The number of piperazine rings is 1. The minimum absolute atomic E-state index is 0.648. The molecule has 0 atom stereocenters. The lowest BCUT2D eigenvalue weighted by molar-refractivity contribution is 0.250. The van der Waals surface area contributed by atoms with Crippen LogP contribution in [-0.2, 0) is 13.1 Å². The number of benzene rings is 3. The fraction of sp³-hybridized carbons (Fsp3) is 0.240. The Hall–Kier alpha value is -3.33. The van der Waals surface area contributed by atoms with Gasteiger partial charge in [-0.2, -0.15) is 5.26 Å². The van der Waals surface area contributed by atoms with Gasteiger partial charge in [0, 0.05) is 45.0 Å². The molecule has 0 spiro atoms. The van der Waals surface area contributed by atoms with Crippen molar-refractivity contribution in [1.29, 1.82) is 5.26 Å². The maximum absolute atomic E-state index is 9.70. The van der Waals surface area contributed by atoms with Crippen LogP contribution in [0.4, 0.5) is 11.4 Å². The van der Waals surface area contributed by atoms with Gasteiger partial charge in [-0.05, 0) is 35.4 Å². The third kappa shape index (κ3) is 5.18. The molecule has 0 aliphatic carbocycles. The molecule has 5 nitrogen and oxygen atoms in total. The Morgan fingerprint density at radius 1 is 0.800 bits per heavy atom. The number of rotatable bonds is 7. The van der Waals surface area contributed by atoms with Gasteiger partial charge in [0.1, 0.15) is 6.07 Å². The minimum atomic E-state index is 0.648. The Kier molecular flexibility index (Phi) is 6.61. The lowest BCUT2D eigenvalue weighted by Crippen LogP contribution is -2.46. The predicted molar refractivity (Wildman–Crippen MR) is 122 cm³/mol. The van der Waals surface area contributed by atoms with E-state index < -0.39 is 0 Å². The van der Waals surface area contributed by atoms with E-state index in [0.717, 1.165) is 55.2 Å². The molecule has 0 saturated carbocycles. The largest absolute Gasteiger partial charge is 0.368 e. The van der Waals surface area contributed by atoms with Gasteiger partial charge < -0.3 is 10.3 Å². The summed E-state index contributed by atoms with van der Waals surface area (Å²) in [7, 11) is 0. The van der Waals surface area contributed by atoms with Gasteiger partial charge in [0.05, 0.1) is 11.3 Å². The third-order valence-corrected chi connectivity index (χ3v) is 5.44. The van der Waals surface area contributed by atoms with Crippen LogP contribution in [0.2, 0.25) is 0 Å². The van der Waals surface area contributed by atoms with Crippen LogP contribution in [0, 0.1) is 11.3 Å². The Labute approximate surface area is 178 Å². The fourth-order valence-corrected chi connectivity index (χ4v) is 3.82. The Morgan fingerprint density at radius 2 is 1.50 bits per heavy atom. The van der Waals surface area contributed by atoms with Crippen LogP contribution in [0.5, 0.6) is 0 Å². The van der Waals surface area contributed by atoms with E-state index in [2.05, 4.69) is 69.2 Å². The van der Waals surface area contributed by atoms with E-state index >= 15 is 0 Å². The van der Waals surface area contributed by atoms with Crippen LogP contribution in [0.25, 0.3) is 0 Å². The molecule has 1 heterocycles. The number of hydrazine groups is 1. The van der Waals surface area contributed by atoms with E-state index in [1.165, 1.54) is 5.56 Å². The second-order valence-electron chi connectivity index (χ2n) is 7.56. The number of hydrogen-bond donors (Lipinski definition) is 2. The van der Waals surface area contributed by atoms with E-state index in [4.69, 9.17) is 0 Å². The number of anilines is 2. The standard InChI is InChI=1S/C25H27N5/c26-18-23-17-22(19-27-28-24-9-5-2-6-10-24)11-12-25(23)30-15-13-29(14-16-30)20-21-7-3-1-4-8-21/h1-12,17,27-28H,13-16,19-20H2. The van der Waals surface area contributed by atoms with Gasteiger partial charge in [0.25, 0.3) is 0 Å². The van der Waals surface area contributed by atoms with Crippen molar-refractivity contribution in [2.75, 3.05) is 36.5 Å². The van der Waals surface area contributed by atoms with E-state index in [1.54, 1.807) is 0 Å². The molecule has 0 bridgehead atoms. The monoisotopic (exact) mass is 397 g/mol. The van der Waals surface area contributed by atoms with E-state index in [1.807, 2.05) is 36.4 Å². The van der Waals surface area contributed by atoms with Crippen molar-refractivity contribution < 1.29 is 0 Å². The minimum Gasteiger partial charge on any atom is -0.368 e. The smallest absolute Gasteiger partial charge is 0.101 e. The van der Waals surface area contributed by atoms with Crippen molar-refractivity contribution in [3.8, 4) is 6.07 Å². The highest BCUT2D eigenvalue weighted by atomic mass is 15.3. The molecule has 1 fully saturated rings. The van der Waals surface area contributed by atoms with Crippen LogP contribution in [0.3, 0.4) is 0 Å². The predicted octanol–water partition coefficient (Wildman–Crippen LogP) is 4.00. The summed E-state index contributed by atoms with van der Waals surface area (Å²) >= 11 is 0. The van der Waals surface area contributed by atoms with Gasteiger partial charge in [-0.3, -0.25) is 4.90 Å². The molecule has 2 N–H and O–H groups in total. The maximum Gasteiger partial charge on any atom is 0.101 e. The average Bonchev–Trinajstić information content (AvgIpc) is 2.81. The first-order chi connectivity index (χ1) is 14.8. The van der Waals surface area contributed by atoms with Crippen LogP contribution in [0.15, 0.2) is 78.9 Å². The van der Waals surface area contributed by atoms with E-state index in [9.17, 15) is 5.26 Å². The third-order valence-electron chi connectivity index (χ3n) is 5.44. The first-order valence-electron chi connectivity index (χ1n) is 10.4. The molecule has 0 amide bonds. The number of hydrogen-bond acceptors (Lipinski definition) is 5. The molecule has 30 heavy (non-hydrogen) atoms. The number of nitrogens with one attached hydrogen (secondary N) is 2. The van der Waals surface area contributed by atoms with Crippen LogP contribution < -0.4 is 15.8 Å². The zero-order valence-corrected chi connectivity index (χ0v) is 17.1. The summed E-state index contributed by atoms with van der Waals surface area (Å²) in [5.41, 5.74) is 11.6. The van der Waals surface area contributed by atoms with Gasteiger partial charge in [0.15, 0.2) is 0 Å². The van der Waals surface area contributed by atoms with Gasteiger partial charge in [-0.15, -0.1) is 0 Å². The van der Waals surface area contributed by atoms with Crippen LogP contribution in [-0.4, -0.2) is 31.1 Å². The molecule has 1 aliphatic rings. The fourth-order valence-electron chi connectivity index (χ4n) is 3.82. The zero-order chi connectivity index (χ0) is 20.6. The summed E-state index contributed by atoms with van der Waals surface area (Å²) in [5, 5.41) is 9.70. The molecule has 0 aromatic heterocycles. The summed E-state index contributed by atoms with van der Waals surface area (Å²) < 4.78 is 0. The average molecular weight is 398 g/mol. The normalized spacial score (nSPS) is 14.3. The van der Waals surface area contributed by atoms with E-state index in [0.29, 0.717) is 6.54 Å². The Balaban J connectivity index is 1.32.